The molecule has 0 saturated carbocycles. The molecule has 49 heavy (non-hydrogen) atoms. The minimum Gasteiger partial charge on any atom is -0.358 e. The summed E-state index contributed by atoms with van der Waals surface area (Å²) in [7, 11) is -0.126. The van der Waals surface area contributed by atoms with Gasteiger partial charge in [0.25, 0.3) is 10.2 Å². The van der Waals surface area contributed by atoms with Crippen molar-refractivity contribution in [1.82, 2.24) is 28.4 Å². The van der Waals surface area contributed by atoms with Crippen molar-refractivity contribution in [1.29, 1.82) is 0 Å². The van der Waals surface area contributed by atoms with E-state index in [4.69, 9.17) is 0 Å². The number of nitrogens with one attached hydrogen (secondary N) is 2. The summed E-state index contributed by atoms with van der Waals surface area (Å²) >= 11 is 0. The second-order valence-corrected chi connectivity index (χ2v) is 17.3. The normalized spacial score (nSPS) is 24.1. The second kappa shape index (κ2) is 12.5. The molecule has 2 N–H and O–H groups in total. The minimum absolute atomic E-state index is 0.113. The predicted molar refractivity (Wildman–Crippen MR) is 202 cm³/mol. The molecular weight excluding hydrogens is 629 g/mol. The molecule has 4 heterocycles. The quantitative estimate of drug-likeness (QED) is 0.204. The van der Waals surface area contributed by atoms with Crippen LogP contribution >= 0.6 is 0 Å². The fraction of sp³-hybridized carbons (Fsp3) is 0.500. The third-order valence-electron chi connectivity index (χ3n) is 11.9. The maximum Gasteiger partial charge on any atom is 0.281 e. The average molecular weight is 681 g/mol. The molecule has 8 rings (SSSR count). The Balaban J connectivity index is 1.04. The Morgan fingerprint density at radius 3 is 1.55 bits per heavy atom. The number of hydrogen-bond acceptors (Lipinski definition) is 4. The molecule has 0 amide bonds. The number of rotatable bonds is 10. The average Bonchev–Trinajstić information content (AvgIpc) is 3.58. The summed E-state index contributed by atoms with van der Waals surface area (Å²) in [5.74, 6) is 0.226. The van der Waals surface area contributed by atoms with Crippen molar-refractivity contribution in [3.05, 3.63) is 82.2 Å². The van der Waals surface area contributed by atoms with Crippen LogP contribution in [0.15, 0.2) is 48.6 Å². The van der Waals surface area contributed by atoms with Gasteiger partial charge in [-0.05, 0) is 98.2 Å². The lowest BCUT2D eigenvalue weighted by Gasteiger charge is -2.43. The SMILES string of the molecule is CCCN1C[C@@H](CN(C)S(=O)(=O)N(C)C[C@H]2C=C3c4cccc5[nH]c(C)c(c45)C[C@H]3N(CCC)C2)C=C2c3cccc4[nH]c(C)c(c34)C[C@H]21. The lowest BCUT2D eigenvalue weighted by atomic mass is 9.79. The maximum atomic E-state index is 14.2. The highest BCUT2D eigenvalue weighted by Gasteiger charge is 2.39. The number of H-pyrrole nitrogens is 2. The molecule has 2 aromatic heterocycles. The molecule has 4 aromatic rings. The molecule has 0 saturated heterocycles. The Kier molecular flexibility index (Phi) is 8.43. The largest absolute Gasteiger partial charge is 0.358 e. The van der Waals surface area contributed by atoms with Crippen molar-refractivity contribution in [3.63, 3.8) is 0 Å². The monoisotopic (exact) mass is 680 g/mol. The standard InChI is InChI=1S/C40H52N6O2S/c1-7-15-45-23-27(17-33-29-11-9-13-35-39(29)31(19-37(33)45)25(3)41-35)21-43(5)49(47,48)44(6)22-28-18-34-30-12-10-14-36-40(30)32(26(4)42-36)20-38(34)46(24-28)16-8-2/h9-14,17-18,27-28,37-38,41-42H,7-8,15-16,19-24H2,1-6H3/t27-,28-,37-,38-/m1/s1. The molecular formula is C40H52N6O2S. The molecule has 260 valence electrons. The summed E-state index contributed by atoms with van der Waals surface area (Å²) in [6, 6.07) is 13.8. The first-order valence-corrected chi connectivity index (χ1v) is 19.8. The molecule has 0 fully saturated rings. The molecule has 0 bridgehead atoms. The van der Waals surface area contributed by atoms with Crippen molar-refractivity contribution in [3.8, 4) is 0 Å². The molecule has 8 nitrogen and oxygen atoms in total. The summed E-state index contributed by atoms with van der Waals surface area (Å²) in [6.45, 7) is 13.5. The van der Waals surface area contributed by atoms with E-state index < -0.39 is 10.2 Å². The van der Waals surface area contributed by atoms with Crippen LogP contribution in [0.25, 0.3) is 33.0 Å². The second-order valence-electron chi connectivity index (χ2n) is 15.2. The van der Waals surface area contributed by atoms with E-state index in [1.54, 1.807) is 22.7 Å². The molecule has 0 unspecified atom stereocenters. The fourth-order valence-corrected chi connectivity index (χ4v) is 11.0. The number of aryl methyl sites for hydroxylation is 2. The van der Waals surface area contributed by atoms with Gasteiger partial charge in [0.05, 0.1) is 0 Å². The number of hydrogen-bond donors (Lipinski definition) is 2. The topological polar surface area (TPSA) is 78.7 Å². The van der Waals surface area contributed by atoms with Crippen LogP contribution in [0.1, 0.15) is 60.3 Å². The molecule has 0 spiro atoms. The summed E-state index contributed by atoms with van der Waals surface area (Å²) < 4.78 is 31.6. The number of aromatic amines is 2. The van der Waals surface area contributed by atoms with Crippen LogP contribution in [-0.2, 0) is 23.1 Å². The third kappa shape index (κ3) is 5.44. The zero-order valence-electron chi connectivity index (χ0n) is 30.0. The van der Waals surface area contributed by atoms with Gasteiger partial charge in [0.15, 0.2) is 0 Å². The van der Waals surface area contributed by atoms with E-state index in [1.165, 1.54) is 66.6 Å². The molecule has 9 heteroatoms. The van der Waals surface area contributed by atoms with Crippen LogP contribution in [0, 0.1) is 25.7 Å². The van der Waals surface area contributed by atoms with Crippen molar-refractivity contribution in [2.24, 2.45) is 11.8 Å². The van der Waals surface area contributed by atoms with Crippen LogP contribution in [0.3, 0.4) is 0 Å². The van der Waals surface area contributed by atoms with Crippen molar-refractivity contribution >= 4 is 43.2 Å². The molecule has 2 aromatic carbocycles. The number of nitrogens with zero attached hydrogens (tertiary/aromatic N) is 4. The summed E-state index contributed by atoms with van der Waals surface area (Å²) in [4.78, 5) is 12.4. The van der Waals surface area contributed by atoms with Gasteiger partial charge >= 0.3 is 0 Å². The van der Waals surface area contributed by atoms with Gasteiger partial charge in [-0.15, -0.1) is 0 Å². The molecule has 2 aliphatic carbocycles. The van der Waals surface area contributed by atoms with E-state index in [1.807, 2.05) is 0 Å². The van der Waals surface area contributed by atoms with E-state index in [0.717, 1.165) is 51.9 Å². The van der Waals surface area contributed by atoms with Gasteiger partial charge in [-0.2, -0.15) is 17.0 Å². The molecule has 0 radical (unpaired) electrons. The van der Waals surface area contributed by atoms with Crippen molar-refractivity contribution < 1.29 is 8.42 Å². The van der Waals surface area contributed by atoms with Gasteiger partial charge in [0.2, 0.25) is 0 Å². The van der Waals surface area contributed by atoms with Crippen molar-refractivity contribution in [2.45, 2.75) is 65.5 Å². The number of aromatic nitrogens is 2. The highest BCUT2D eigenvalue weighted by molar-refractivity contribution is 7.86. The predicted octanol–water partition coefficient (Wildman–Crippen LogP) is 6.37. The smallest absolute Gasteiger partial charge is 0.281 e. The van der Waals surface area contributed by atoms with E-state index >= 15 is 0 Å². The minimum atomic E-state index is -3.67. The number of fused-ring (bicyclic) bond motifs is 4. The van der Waals surface area contributed by atoms with E-state index in [2.05, 4.69) is 96.0 Å². The molecule has 4 atom stereocenters. The van der Waals surface area contributed by atoms with Gasteiger partial charge in [0.1, 0.15) is 0 Å². The first-order chi connectivity index (χ1) is 23.6. The van der Waals surface area contributed by atoms with Crippen LogP contribution in [0.2, 0.25) is 0 Å². The summed E-state index contributed by atoms with van der Waals surface area (Å²) in [5.41, 5.74) is 13.1. The fourth-order valence-electron chi connectivity index (χ4n) is 9.75. The summed E-state index contributed by atoms with van der Waals surface area (Å²) in [5, 5.41) is 2.69. The van der Waals surface area contributed by atoms with Crippen LogP contribution in [-0.4, -0.2) is 102 Å². The lowest BCUT2D eigenvalue weighted by molar-refractivity contribution is 0.184. The Morgan fingerprint density at radius 1 is 0.714 bits per heavy atom. The van der Waals surface area contributed by atoms with Gasteiger partial charge < -0.3 is 9.97 Å². The molecule has 2 aliphatic heterocycles. The van der Waals surface area contributed by atoms with E-state index in [9.17, 15) is 8.42 Å². The number of benzene rings is 2. The highest BCUT2D eigenvalue weighted by atomic mass is 32.2. The zero-order valence-corrected chi connectivity index (χ0v) is 30.8. The first kappa shape index (κ1) is 33.0. The Hall–Kier alpha value is -3.21. The first-order valence-electron chi connectivity index (χ1n) is 18.4. The third-order valence-corrected chi connectivity index (χ3v) is 13.7. The van der Waals surface area contributed by atoms with Gasteiger partial charge in [0, 0.05) is 97.4 Å². The van der Waals surface area contributed by atoms with Crippen LogP contribution in [0.4, 0.5) is 0 Å². The van der Waals surface area contributed by atoms with E-state index in [-0.39, 0.29) is 11.8 Å². The highest BCUT2D eigenvalue weighted by Crippen LogP contribution is 2.44. The van der Waals surface area contributed by atoms with Crippen LogP contribution < -0.4 is 0 Å². The summed E-state index contributed by atoms with van der Waals surface area (Å²) in [6.07, 6.45) is 8.95. The van der Waals surface area contributed by atoms with Gasteiger partial charge in [-0.3, -0.25) is 9.80 Å². The Morgan fingerprint density at radius 2 is 1.14 bits per heavy atom. The van der Waals surface area contributed by atoms with Crippen molar-refractivity contribution in [2.75, 3.05) is 53.4 Å². The lowest BCUT2D eigenvalue weighted by Crippen LogP contribution is -2.50. The Bertz CT molecular complexity index is 1950. The Labute approximate surface area is 292 Å². The maximum absolute atomic E-state index is 14.2. The molecule has 4 aliphatic rings. The van der Waals surface area contributed by atoms with Gasteiger partial charge in [-0.25, -0.2) is 0 Å². The van der Waals surface area contributed by atoms with E-state index in [0.29, 0.717) is 25.2 Å². The van der Waals surface area contributed by atoms with Gasteiger partial charge in [-0.1, -0.05) is 50.3 Å². The van der Waals surface area contributed by atoms with Crippen LogP contribution in [0.5, 0.6) is 0 Å². The zero-order chi connectivity index (χ0) is 34.2.